The first-order chi connectivity index (χ1) is 13.0. The molecule has 0 bridgehead atoms. The third kappa shape index (κ3) is 4.73. The van der Waals surface area contributed by atoms with Crippen LogP contribution in [0.15, 0.2) is 72.8 Å². The topological polar surface area (TPSA) is 67.4 Å². The molecule has 0 spiro atoms. The lowest BCUT2D eigenvalue weighted by atomic mass is 10.1. The van der Waals surface area contributed by atoms with E-state index in [9.17, 15) is 9.59 Å². The van der Waals surface area contributed by atoms with E-state index < -0.39 is 11.8 Å². The third-order valence-electron chi connectivity index (χ3n) is 4.08. The summed E-state index contributed by atoms with van der Waals surface area (Å²) in [7, 11) is 0. The van der Waals surface area contributed by atoms with Crippen molar-refractivity contribution in [2.75, 3.05) is 10.6 Å². The first kappa shape index (κ1) is 18.2. The van der Waals surface area contributed by atoms with Crippen LogP contribution in [0.1, 0.15) is 11.1 Å². The number of rotatable bonds is 4. The molecular weight excluding hydrogens is 340 g/mol. The highest BCUT2D eigenvalue weighted by Crippen LogP contribution is 2.29. The molecule has 0 aliphatic carbocycles. The summed E-state index contributed by atoms with van der Waals surface area (Å²) in [6.45, 7) is 3.93. The highest BCUT2D eigenvalue weighted by molar-refractivity contribution is 6.43. The Morgan fingerprint density at radius 3 is 2.15 bits per heavy atom. The smallest absolute Gasteiger partial charge is 0.314 e. The zero-order valence-corrected chi connectivity index (χ0v) is 15.2. The van der Waals surface area contributed by atoms with Crippen molar-refractivity contribution < 1.29 is 14.3 Å². The van der Waals surface area contributed by atoms with Crippen LogP contribution in [0, 0.1) is 13.8 Å². The van der Waals surface area contributed by atoms with Gasteiger partial charge in [0, 0.05) is 5.69 Å². The summed E-state index contributed by atoms with van der Waals surface area (Å²) in [6.07, 6.45) is 0. The number of hydrogen-bond acceptors (Lipinski definition) is 3. The first-order valence-electron chi connectivity index (χ1n) is 8.54. The number of carbonyl (C=O) groups excluding carboxylic acids is 2. The highest BCUT2D eigenvalue weighted by Gasteiger charge is 2.16. The van der Waals surface area contributed by atoms with Gasteiger partial charge in [-0.2, -0.15) is 0 Å². The molecule has 3 rings (SSSR count). The third-order valence-corrected chi connectivity index (χ3v) is 4.08. The van der Waals surface area contributed by atoms with E-state index in [-0.39, 0.29) is 0 Å². The molecule has 3 aromatic carbocycles. The van der Waals surface area contributed by atoms with Crippen LogP contribution in [-0.2, 0) is 9.59 Å². The number of amides is 2. The molecule has 2 N–H and O–H groups in total. The van der Waals surface area contributed by atoms with Gasteiger partial charge in [-0.3, -0.25) is 9.59 Å². The fraction of sp³-hybridized carbons (Fsp3) is 0.0909. The van der Waals surface area contributed by atoms with Crippen LogP contribution in [0.25, 0.3) is 0 Å². The normalized spacial score (nSPS) is 10.1. The average Bonchev–Trinajstić information content (AvgIpc) is 2.67. The molecule has 5 nitrogen and oxygen atoms in total. The van der Waals surface area contributed by atoms with Gasteiger partial charge in [0.15, 0.2) is 5.75 Å². The van der Waals surface area contributed by atoms with E-state index in [1.807, 2.05) is 56.3 Å². The maximum atomic E-state index is 12.3. The van der Waals surface area contributed by atoms with Crippen molar-refractivity contribution in [3.63, 3.8) is 0 Å². The van der Waals surface area contributed by atoms with E-state index in [1.165, 1.54) is 0 Å². The fourth-order valence-corrected chi connectivity index (χ4v) is 2.46. The van der Waals surface area contributed by atoms with Crippen molar-refractivity contribution in [2.24, 2.45) is 0 Å². The van der Waals surface area contributed by atoms with Crippen LogP contribution in [0.3, 0.4) is 0 Å². The second-order valence-corrected chi connectivity index (χ2v) is 6.12. The molecule has 136 valence electrons. The Hall–Kier alpha value is -3.60. The second kappa shape index (κ2) is 8.19. The molecule has 5 heteroatoms. The van der Waals surface area contributed by atoms with E-state index in [4.69, 9.17) is 4.74 Å². The molecule has 27 heavy (non-hydrogen) atoms. The number of para-hydroxylation sites is 3. The Balaban J connectivity index is 1.70. The number of nitrogens with one attached hydrogen (secondary N) is 2. The molecule has 0 radical (unpaired) electrons. The molecule has 0 saturated heterocycles. The van der Waals surface area contributed by atoms with Gasteiger partial charge in [-0.25, -0.2) is 0 Å². The van der Waals surface area contributed by atoms with Crippen molar-refractivity contribution in [2.45, 2.75) is 13.8 Å². The summed E-state index contributed by atoms with van der Waals surface area (Å²) in [5.41, 5.74) is 3.15. The highest BCUT2D eigenvalue weighted by atomic mass is 16.5. The summed E-state index contributed by atoms with van der Waals surface area (Å²) >= 11 is 0. The van der Waals surface area contributed by atoms with Gasteiger partial charge in [0.05, 0.1) is 5.69 Å². The summed E-state index contributed by atoms with van der Waals surface area (Å²) in [4.78, 5) is 24.5. The zero-order chi connectivity index (χ0) is 19.2. The predicted molar refractivity (Wildman–Crippen MR) is 106 cm³/mol. The number of benzene rings is 3. The average molecular weight is 360 g/mol. The zero-order valence-electron chi connectivity index (χ0n) is 15.2. The molecule has 0 aromatic heterocycles. The Bertz CT molecular complexity index is 968. The Morgan fingerprint density at radius 2 is 1.41 bits per heavy atom. The first-order valence-corrected chi connectivity index (χ1v) is 8.54. The summed E-state index contributed by atoms with van der Waals surface area (Å²) in [5, 5.41) is 5.21. The van der Waals surface area contributed by atoms with Crippen molar-refractivity contribution in [3.05, 3.63) is 83.9 Å². The monoisotopic (exact) mass is 360 g/mol. The van der Waals surface area contributed by atoms with Crippen molar-refractivity contribution in [1.29, 1.82) is 0 Å². The van der Waals surface area contributed by atoms with Crippen LogP contribution >= 0.6 is 0 Å². The van der Waals surface area contributed by atoms with Crippen LogP contribution in [0.4, 0.5) is 11.4 Å². The van der Waals surface area contributed by atoms with Crippen molar-refractivity contribution in [3.8, 4) is 11.5 Å². The van der Waals surface area contributed by atoms with Gasteiger partial charge in [-0.1, -0.05) is 36.4 Å². The SMILES string of the molecule is Cc1ccc(NC(=O)C(=O)Nc2ccccc2Oc2ccccc2)cc1C. The summed E-state index contributed by atoms with van der Waals surface area (Å²) in [6, 6.07) is 21.7. The molecule has 0 saturated carbocycles. The van der Waals surface area contributed by atoms with Crippen molar-refractivity contribution >= 4 is 23.2 Å². The van der Waals surface area contributed by atoms with Gasteiger partial charge in [-0.15, -0.1) is 0 Å². The van der Waals surface area contributed by atoms with Crippen LogP contribution in [0.5, 0.6) is 11.5 Å². The van der Waals surface area contributed by atoms with Crippen LogP contribution in [-0.4, -0.2) is 11.8 Å². The van der Waals surface area contributed by atoms with E-state index in [0.29, 0.717) is 22.9 Å². The van der Waals surface area contributed by atoms with Gasteiger partial charge in [0.25, 0.3) is 0 Å². The van der Waals surface area contributed by atoms with Crippen LogP contribution in [0.2, 0.25) is 0 Å². The van der Waals surface area contributed by atoms with Crippen molar-refractivity contribution in [1.82, 2.24) is 0 Å². The number of hydrogen-bond donors (Lipinski definition) is 2. The minimum Gasteiger partial charge on any atom is -0.455 e. The summed E-state index contributed by atoms with van der Waals surface area (Å²) in [5.74, 6) is -0.417. The fourth-order valence-electron chi connectivity index (χ4n) is 2.46. The second-order valence-electron chi connectivity index (χ2n) is 6.12. The maximum Gasteiger partial charge on any atom is 0.314 e. The Morgan fingerprint density at radius 1 is 0.741 bits per heavy atom. The lowest BCUT2D eigenvalue weighted by molar-refractivity contribution is -0.133. The quantitative estimate of drug-likeness (QED) is 0.664. The van der Waals surface area contributed by atoms with Crippen LogP contribution < -0.4 is 15.4 Å². The van der Waals surface area contributed by atoms with E-state index in [1.54, 1.807) is 30.3 Å². The minimum atomic E-state index is -0.766. The van der Waals surface area contributed by atoms with E-state index in [0.717, 1.165) is 11.1 Å². The van der Waals surface area contributed by atoms with Gasteiger partial charge in [-0.05, 0) is 61.4 Å². The molecule has 0 aliphatic rings. The maximum absolute atomic E-state index is 12.3. The Kier molecular flexibility index (Phi) is 5.52. The largest absolute Gasteiger partial charge is 0.455 e. The van der Waals surface area contributed by atoms with E-state index >= 15 is 0 Å². The molecule has 0 unspecified atom stereocenters. The number of anilines is 2. The lowest BCUT2D eigenvalue weighted by Crippen LogP contribution is -2.29. The predicted octanol–water partition coefficient (Wildman–Crippen LogP) is 4.67. The molecular formula is C22H20N2O3. The van der Waals surface area contributed by atoms with Gasteiger partial charge in [0.2, 0.25) is 0 Å². The molecule has 0 fully saturated rings. The molecule has 0 aliphatic heterocycles. The number of carbonyl (C=O) groups is 2. The minimum absolute atomic E-state index is 0.418. The summed E-state index contributed by atoms with van der Waals surface area (Å²) < 4.78 is 5.79. The van der Waals surface area contributed by atoms with Gasteiger partial charge in [0.1, 0.15) is 5.75 Å². The van der Waals surface area contributed by atoms with E-state index in [2.05, 4.69) is 10.6 Å². The van der Waals surface area contributed by atoms with Gasteiger partial charge >= 0.3 is 11.8 Å². The lowest BCUT2D eigenvalue weighted by Gasteiger charge is -2.12. The molecule has 0 heterocycles. The molecule has 0 atom stereocenters. The Labute approximate surface area is 158 Å². The standard InChI is InChI=1S/C22H20N2O3/c1-15-12-13-17(14-16(15)2)23-21(25)22(26)24-19-10-6-7-11-20(19)27-18-8-4-3-5-9-18/h3-14H,1-2H3,(H,23,25)(H,24,26). The number of ether oxygens (including phenoxy) is 1. The number of aryl methyl sites for hydroxylation is 2. The molecule has 3 aromatic rings. The van der Waals surface area contributed by atoms with Gasteiger partial charge < -0.3 is 15.4 Å². The molecule has 2 amide bonds.